The summed E-state index contributed by atoms with van der Waals surface area (Å²) in [6, 6.07) is 0.947. The summed E-state index contributed by atoms with van der Waals surface area (Å²) in [5.74, 6) is 0.783. The summed E-state index contributed by atoms with van der Waals surface area (Å²) >= 11 is 0. The van der Waals surface area contributed by atoms with Crippen LogP contribution in [-0.4, -0.2) is 29.2 Å². The molecule has 1 aliphatic carbocycles. The summed E-state index contributed by atoms with van der Waals surface area (Å²) in [4.78, 5) is 14.1. The highest BCUT2D eigenvalue weighted by Crippen LogP contribution is 2.39. The Morgan fingerprint density at radius 3 is 2.25 bits per heavy atom. The van der Waals surface area contributed by atoms with Crippen LogP contribution in [0.25, 0.3) is 0 Å². The zero-order valence-corrected chi connectivity index (χ0v) is 10.0. The van der Waals surface area contributed by atoms with Gasteiger partial charge in [-0.15, -0.1) is 0 Å². The number of rotatable bonds is 1. The third-order valence-electron chi connectivity index (χ3n) is 4.50. The molecule has 2 atom stereocenters. The van der Waals surface area contributed by atoms with Crippen LogP contribution >= 0.6 is 0 Å². The number of carbonyl (C=O) groups is 1. The van der Waals surface area contributed by atoms with Crippen LogP contribution in [0.15, 0.2) is 0 Å². The second-order valence-electron chi connectivity index (χ2n) is 5.81. The molecule has 2 unspecified atom stereocenters. The molecule has 0 aromatic heterocycles. The normalized spacial score (nSPS) is 38.3. The Morgan fingerprint density at radius 1 is 1.12 bits per heavy atom. The number of amides is 1. The fourth-order valence-corrected chi connectivity index (χ4v) is 3.44. The predicted molar refractivity (Wildman–Crippen MR) is 61.2 cm³/mol. The Labute approximate surface area is 97.1 Å². The third kappa shape index (κ3) is 1.70. The van der Waals surface area contributed by atoms with E-state index in [1.807, 2.05) is 0 Å². The smallest absolute Gasteiger partial charge is 0.410 e. The Kier molecular flexibility index (Phi) is 2.56. The standard InChI is InChI=1S/C13H21NO2/c1-9-7-10-5-6-11(8-9)14(10)13(15)16-12-3-2-4-12/h9-12H,2-8H2,1H3. The molecule has 0 aromatic carbocycles. The van der Waals surface area contributed by atoms with Crippen LogP contribution in [-0.2, 0) is 4.74 Å². The molecule has 16 heavy (non-hydrogen) atoms. The lowest BCUT2D eigenvalue weighted by Crippen LogP contribution is -2.47. The second-order valence-corrected chi connectivity index (χ2v) is 5.81. The summed E-state index contributed by atoms with van der Waals surface area (Å²) in [5, 5.41) is 0. The van der Waals surface area contributed by atoms with Crippen molar-refractivity contribution >= 4 is 6.09 Å². The zero-order chi connectivity index (χ0) is 11.1. The summed E-state index contributed by atoms with van der Waals surface area (Å²) in [6.45, 7) is 2.31. The van der Waals surface area contributed by atoms with E-state index in [4.69, 9.17) is 4.74 Å². The molecule has 3 nitrogen and oxygen atoms in total. The number of nitrogens with zero attached hydrogens (tertiary/aromatic N) is 1. The van der Waals surface area contributed by atoms with Crippen LogP contribution in [0, 0.1) is 5.92 Å². The van der Waals surface area contributed by atoms with E-state index in [-0.39, 0.29) is 12.2 Å². The van der Waals surface area contributed by atoms with Gasteiger partial charge in [0.05, 0.1) is 0 Å². The molecule has 0 radical (unpaired) electrons. The van der Waals surface area contributed by atoms with Crippen LogP contribution in [0.2, 0.25) is 0 Å². The van der Waals surface area contributed by atoms with E-state index in [0.717, 1.165) is 18.8 Å². The van der Waals surface area contributed by atoms with E-state index >= 15 is 0 Å². The first-order valence-electron chi connectivity index (χ1n) is 6.73. The van der Waals surface area contributed by atoms with Crippen molar-refractivity contribution < 1.29 is 9.53 Å². The molecule has 0 N–H and O–H groups in total. The van der Waals surface area contributed by atoms with Crippen molar-refractivity contribution in [2.75, 3.05) is 0 Å². The molecule has 2 heterocycles. The van der Waals surface area contributed by atoms with E-state index in [1.165, 1.54) is 32.1 Å². The Hall–Kier alpha value is -0.730. The molecule has 3 heteroatoms. The van der Waals surface area contributed by atoms with E-state index in [2.05, 4.69) is 11.8 Å². The van der Waals surface area contributed by atoms with Crippen molar-refractivity contribution in [3.05, 3.63) is 0 Å². The predicted octanol–water partition coefficient (Wildman–Crippen LogP) is 2.94. The van der Waals surface area contributed by atoms with Crippen LogP contribution < -0.4 is 0 Å². The van der Waals surface area contributed by atoms with Crippen molar-refractivity contribution in [1.82, 2.24) is 4.90 Å². The lowest BCUT2D eigenvalue weighted by atomic mass is 9.93. The minimum atomic E-state index is -0.0240. The molecule has 3 rings (SSSR count). The van der Waals surface area contributed by atoms with Gasteiger partial charge < -0.3 is 9.64 Å². The summed E-state index contributed by atoms with van der Waals surface area (Å²) in [5.41, 5.74) is 0. The van der Waals surface area contributed by atoms with Crippen LogP contribution in [0.3, 0.4) is 0 Å². The molecule has 3 fully saturated rings. The molecule has 1 saturated carbocycles. The van der Waals surface area contributed by atoms with E-state index < -0.39 is 0 Å². The Bertz CT molecular complexity index is 274. The maximum Gasteiger partial charge on any atom is 0.410 e. The molecule has 2 aliphatic heterocycles. The first-order chi connectivity index (χ1) is 7.74. The molecule has 90 valence electrons. The van der Waals surface area contributed by atoms with Gasteiger partial charge in [-0.2, -0.15) is 0 Å². The van der Waals surface area contributed by atoms with Gasteiger partial charge in [-0.05, 0) is 50.9 Å². The highest BCUT2D eigenvalue weighted by Gasteiger charge is 2.43. The highest BCUT2D eigenvalue weighted by atomic mass is 16.6. The number of hydrogen-bond donors (Lipinski definition) is 0. The minimum Gasteiger partial charge on any atom is -0.446 e. The first-order valence-corrected chi connectivity index (χ1v) is 6.73. The van der Waals surface area contributed by atoms with Crippen molar-refractivity contribution in [3.8, 4) is 0 Å². The molecule has 3 aliphatic rings. The van der Waals surface area contributed by atoms with Gasteiger partial charge in [-0.3, -0.25) is 0 Å². The number of fused-ring (bicyclic) bond motifs is 2. The van der Waals surface area contributed by atoms with Crippen molar-refractivity contribution in [2.45, 2.75) is 70.1 Å². The number of piperidine rings is 1. The molecular formula is C13H21NO2. The van der Waals surface area contributed by atoms with Gasteiger partial charge in [0.2, 0.25) is 0 Å². The van der Waals surface area contributed by atoms with Gasteiger partial charge in [-0.1, -0.05) is 6.92 Å². The summed E-state index contributed by atoms with van der Waals surface area (Å²) in [7, 11) is 0. The Morgan fingerprint density at radius 2 is 1.75 bits per heavy atom. The van der Waals surface area contributed by atoms with Gasteiger partial charge in [0, 0.05) is 12.1 Å². The van der Waals surface area contributed by atoms with Crippen molar-refractivity contribution in [1.29, 1.82) is 0 Å². The molecule has 2 bridgehead atoms. The van der Waals surface area contributed by atoms with Crippen LogP contribution in [0.5, 0.6) is 0 Å². The SMILES string of the molecule is CC1CC2CCC(C1)N2C(=O)OC1CCC1. The number of ether oxygens (including phenoxy) is 1. The topological polar surface area (TPSA) is 29.5 Å². The third-order valence-corrected chi connectivity index (χ3v) is 4.50. The van der Waals surface area contributed by atoms with Gasteiger partial charge in [-0.25, -0.2) is 4.79 Å². The van der Waals surface area contributed by atoms with Gasteiger partial charge in [0.25, 0.3) is 0 Å². The minimum absolute atomic E-state index is 0.0240. The molecule has 0 aromatic rings. The van der Waals surface area contributed by atoms with Crippen LogP contribution in [0.1, 0.15) is 51.9 Å². The number of hydrogen-bond acceptors (Lipinski definition) is 2. The molecular weight excluding hydrogens is 202 g/mol. The van der Waals surface area contributed by atoms with Crippen molar-refractivity contribution in [3.63, 3.8) is 0 Å². The molecule has 2 saturated heterocycles. The summed E-state index contributed by atoms with van der Waals surface area (Å²) < 4.78 is 5.53. The highest BCUT2D eigenvalue weighted by molar-refractivity contribution is 5.69. The first kappa shape index (κ1) is 10.4. The van der Waals surface area contributed by atoms with Gasteiger partial charge in [0.1, 0.15) is 6.10 Å². The fraction of sp³-hybridized carbons (Fsp3) is 0.923. The average molecular weight is 223 g/mol. The lowest BCUT2D eigenvalue weighted by molar-refractivity contribution is 0.00583. The number of carbonyl (C=O) groups excluding carboxylic acids is 1. The van der Waals surface area contributed by atoms with Gasteiger partial charge in [0.15, 0.2) is 0 Å². The van der Waals surface area contributed by atoms with Crippen LogP contribution in [0.4, 0.5) is 4.79 Å². The van der Waals surface area contributed by atoms with E-state index in [9.17, 15) is 4.79 Å². The summed E-state index contributed by atoms with van der Waals surface area (Å²) in [6.07, 6.45) is 8.31. The van der Waals surface area contributed by atoms with E-state index in [0.29, 0.717) is 12.1 Å². The monoisotopic (exact) mass is 223 g/mol. The zero-order valence-electron chi connectivity index (χ0n) is 10.0. The largest absolute Gasteiger partial charge is 0.446 e. The fourth-order valence-electron chi connectivity index (χ4n) is 3.44. The Balaban J connectivity index is 1.63. The quantitative estimate of drug-likeness (QED) is 0.684. The average Bonchev–Trinajstić information content (AvgIpc) is 2.45. The van der Waals surface area contributed by atoms with E-state index in [1.54, 1.807) is 0 Å². The maximum absolute atomic E-state index is 12.1. The van der Waals surface area contributed by atoms with Crippen molar-refractivity contribution in [2.24, 2.45) is 5.92 Å². The second kappa shape index (κ2) is 3.94. The lowest BCUT2D eigenvalue weighted by Gasteiger charge is -2.38. The van der Waals surface area contributed by atoms with Gasteiger partial charge >= 0.3 is 6.09 Å². The molecule has 0 spiro atoms. The molecule has 1 amide bonds. The maximum atomic E-state index is 12.1.